The molecule has 104 valence electrons. The van der Waals surface area contributed by atoms with Crippen LogP contribution < -0.4 is 16.6 Å². The molecule has 1 heterocycles. The lowest BCUT2D eigenvalue weighted by Crippen LogP contribution is -2.23. The highest BCUT2D eigenvalue weighted by Gasteiger charge is 2.08. The maximum atomic E-state index is 12.1. The van der Waals surface area contributed by atoms with Crippen molar-refractivity contribution >= 4 is 27.7 Å². The SMILES string of the molecule is Cc1cc(C(=O)NCc2ccc(Br)cc2)cc(NN)n1. The number of aromatic nitrogens is 1. The van der Waals surface area contributed by atoms with Crippen molar-refractivity contribution in [1.29, 1.82) is 0 Å². The Balaban J connectivity index is 2.04. The molecule has 0 aliphatic heterocycles. The number of hydrogen-bond donors (Lipinski definition) is 3. The Labute approximate surface area is 125 Å². The quantitative estimate of drug-likeness (QED) is 0.592. The third-order valence-corrected chi connectivity index (χ3v) is 3.26. The number of carbonyl (C=O) groups excluding carboxylic acids is 1. The van der Waals surface area contributed by atoms with E-state index >= 15 is 0 Å². The van der Waals surface area contributed by atoms with Gasteiger partial charge < -0.3 is 10.7 Å². The van der Waals surface area contributed by atoms with Gasteiger partial charge in [0, 0.05) is 22.3 Å². The Kier molecular flexibility index (Phi) is 4.70. The zero-order valence-corrected chi connectivity index (χ0v) is 12.6. The van der Waals surface area contributed by atoms with E-state index in [0.717, 1.165) is 15.7 Å². The van der Waals surface area contributed by atoms with E-state index in [1.807, 2.05) is 31.2 Å². The largest absolute Gasteiger partial charge is 0.348 e. The summed E-state index contributed by atoms with van der Waals surface area (Å²) in [7, 11) is 0. The molecule has 0 fully saturated rings. The molecular weight excluding hydrogens is 320 g/mol. The van der Waals surface area contributed by atoms with E-state index in [2.05, 4.69) is 31.7 Å². The summed E-state index contributed by atoms with van der Waals surface area (Å²) in [5.41, 5.74) is 4.74. The van der Waals surface area contributed by atoms with E-state index in [4.69, 9.17) is 5.84 Å². The molecule has 2 rings (SSSR count). The molecule has 5 nitrogen and oxygen atoms in total. The molecule has 1 aromatic heterocycles. The summed E-state index contributed by atoms with van der Waals surface area (Å²) in [5.74, 6) is 5.63. The van der Waals surface area contributed by atoms with Crippen LogP contribution in [0.5, 0.6) is 0 Å². The van der Waals surface area contributed by atoms with Crippen molar-refractivity contribution in [2.75, 3.05) is 5.43 Å². The lowest BCUT2D eigenvalue weighted by molar-refractivity contribution is 0.0950. The molecule has 0 atom stereocenters. The standard InChI is InChI=1S/C14H15BrN4O/c1-9-6-11(7-13(18-9)19-16)14(20)17-8-10-2-4-12(15)5-3-10/h2-7H,8,16H2,1H3,(H,17,20)(H,18,19). The molecule has 4 N–H and O–H groups in total. The number of nitrogen functional groups attached to an aromatic ring is 1. The van der Waals surface area contributed by atoms with E-state index in [-0.39, 0.29) is 5.91 Å². The lowest BCUT2D eigenvalue weighted by atomic mass is 10.2. The number of nitrogens with one attached hydrogen (secondary N) is 2. The molecule has 1 aromatic carbocycles. The predicted octanol–water partition coefficient (Wildman–Crippen LogP) is 2.37. The number of nitrogens with zero attached hydrogens (tertiary/aromatic N) is 1. The number of halogens is 1. The van der Waals surface area contributed by atoms with Gasteiger partial charge in [-0.05, 0) is 36.8 Å². The molecule has 2 aromatic rings. The number of hydrazine groups is 1. The van der Waals surface area contributed by atoms with Crippen molar-refractivity contribution in [3.8, 4) is 0 Å². The van der Waals surface area contributed by atoms with Crippen LogP contribution in [0.15, 0.2) is 40.9 Å². The predicted molar refractivity (Wildman–Crippen MR) is 82.1 cm³/mol. The number of carbonyl (C=O) groups is 1. The molecule has 0 bridgehead atoms. The number of hydrogen-bond acceptors (Lipinski definition) is 4. The van der Waals surface area contributed by atoms with Crippen LogP contribution in [-0.2, 0) is 6.54 Å². The molecule has 0 saturated carbocycles. The highest BCUT2D eigenvalue weighted by Crippen LogP contribution is 2.11. The zero-order valence-electron chi connectivity index (χ0n) is 11.0. The minimum atomic E-state index is -0.157. The van der Waals surface area contributed by atoms with Crippen molar-refractivity contribution in [2.24, 2.45) is 5.84 Å². The van der Waals surface area contributed by atoms with E-state index in [1.54, 1.807) is 12.1 Å². The maximum absolute atomic E-state index is 12.1. The van der Waals surface area contributed by atoms with Gasteiger partial charge >= 0.3 is 0 Å². The van der Waals surface area contributed by atoms with Crippen LogP contribution in [0.25, 0.3) is 0 Å². The summed E-state index contributed by atoms with van der Waals surface area (Å²) >= 11 is 3.37. The maximum Gasteiger partial charge on any atom is 0.251 e. The molecule has 0 saturated heterocycles. The second-order valence-electron chi connectivity index (χ2n) is 4.34. The Morgan fingerprint density at radius 3 is 2.65 bits per heavy atom. The number of aryl methyl sites for hydroxylation is 1. The van der Waals surface area contributed by atoms with Crippen LogP contribution in [0.2, 0.25) is 0 Å². The van der Waals surface area contributed by atoms with Crippen molar-refractivity contribution < 1.29 is 4.79 Å². The smallest absolute Gasteiger partial charge is 0.251 e. The highest BCUT2D eigenvalue weighted by atomic mass is 79.9. The van der Waals surface area contributed by atoms with Gasteiger partial charge in [-0.15, -0.1) is 0 Å². The minimum absolute atomic E-state index is 0.157. The first-order chi connectivity index (χ1) is 9.58. The third kappa shape index (κ3) is 3.79. The van der Waals surface area contributed by atoms with Gasteiger partial charge in [0.25, 0.3) is 5.91 Å². The first-order valence-electron chi connectivity index (χ1n) is 6.06. The number of nitrogens with two attached hydrogens (primary N) is 1. The van der Waals surface area contributed by atoms with Gasteiger partial charge in [0.15, 0.2) is 0 Å². The van der Waals surface area contributed by atoms with Gasteiger partial charge in [-0.2, -0.15) is 0 Å². The number of rotatable bonds is 4. The van der Waals surface area contributed by atoms with E-state index in [0.29, 0.717) is 17.9 Å². The third-order valence-electron chi connectivity index (χ3n) is 2.73. The van der Waals surface area contributed by atoms with Gasteiger partial charge in [0.1, 0.15) is 5.82 Å². The van der Waals surface area contributed by atoms with Gasteiger partial charge in [0.05, 0.1) is 0 Å². The first kappa shape index (κ1) is 14.5. The van der Waals surface area contributed by atoms with Crippen LogP contribution in [0.3, 0.4) is 0 Å². The van der Waals surface area contributed by atoms with Crippen molar-refractivity contribution in [1.82, 2.24) is 10.3 Å². The molecule has 6 heteroatoms. The van der Waals surface area contributed by atoms with Crippen molar-refractivity contribution in [2.45, 2.75) is 13.5 Å². The number of amides is 1. The molecule has 0 aliphatic carbocycles. The van der Waals surface area contributed by atoms with Crippen LogP contribution in [0.1, 0.15) is 21.6 Å². The minimum Gasteiger partial charge on any atom is -0.348 e. The number of pyridine rings is 1. The summed E-state index contributed by atoms with van der Waals surface area (Å²) < 4.78 is 1.01. The first-order valence-corrected chi connectivity index (χ1v) is 6.86. The van der Waals surface area contributed by atoms with Gasteiger partial charge in [-0.1, -0.05) is 28.1 Å². The average Bonchev–Trinajstić information content (AvgIpc) is 2.45. The van der Waals surface area contributed by atoms with E-state index in [9.17, 15) is 4.79 Å². The van der Waals surface area contributed by atoms with Gasteiger partial charge in [-0.3, -0.25) is 4.79 Å². The second kappa shape index (κ2) is 6.49. The summed E-state index contributed by atoms with van der Waals surface area (Å²) in [6, 6.07) is 11.1. The average molecular weight is 335 g/mol. The monoisotopic (exact) mass is 334 g/mol. The fourth-order valence-corrected chi connectivity index (χ4v) is 2.02. The Morgan fingerprint density at radius 1 is 1.30 bits per heavy atom. The lowest BCUT2D eigenvalue weighted by Gasteiger charge is -2.08. The number of anilines is 1. The summed E-state index contributed by atoms with van der Waals surface area (Å²) in [5, 5.41) is 2.86. The fraction of sp³-hybridized carbons (Fsp3) is 0.143. The summed E-state index contributed by atoms with van der Waals surface area (Å²) in [4.78, 5) is 16.2. The molecular formula is C14H15BrN4O. The molecule has 20 heavy (non-hydrogen) atoms. The molecule has 0 radical (unpaired) electrons. The van der Waals surface area contributed by atoms with Gasteiger partial charge in [0.2, 0.25) is 0 Å². The van der Waals surface area contributed by atoms with E-state index in [1.165, 1.54) is 0 Å². The Hall–Kier alpha value is -1.92. The van der Waals surface area contributed by atoms with Crippen molar-refractivity contribution in [3.05, 3.63) is 57.7 Å². The normalized spacial score (nSPS) is 10.2. The molecule has 0 unspecified atom stereocenters. The van der Waals surface area contributed by atoms with Crippen LogP contribution >= 0.6 is 15.9 Å². The Morgan fingerprint density at radius 2 is 2.00 bits per heavy atom. The Bertz CT molecular complexity index is 613. The molecule has 0 spiro atoms. The highest BCUT2D eigenvalue weighted by molar-refractivity contribution is 9.10. The second-order valence-corrected chi connectivity index (χ2v) is 5.25. The molecule has 1 amide bonds. The molecule has 0 aliphatic rings. The number of benzene rings is 1. The fourth-order valence-electron chi connectivity index (χ4n) is 1.76. The van der Waals surface area contributed by atoms with Gasteiger partial charge in [-0.25, -0.2) is 10.8 Å². The zero-order chi connectivity index (χ0) is 14.5. The van der Waals surface area contributed by atoms with Crippen LogP contribution in [0, 0.1) is 6.92 Å². The van der Waals surface area contributed by atoms with Crippen LogP contribution in [0.4, 0.5) is 5.82 Å². The summed E-state index contributed by atoms with van der Waals surface area (Å²) in [6.45, 7) is 2.28. The van der Waals surface area contributed by atoms with E-state index < -0.39 is 0 Å². The summed E-state index contributed by atoms with van der Waals surface area (Å²) in [6.07, 6.45) is 0. The topological polar surface area (TPSA) is 80.0 Å². The van der Waals surface area contributed by atoms with Crippen molar-refractivity contribution in [3.63, 3.8) is 0 Å². The van der Waals surface area contributed by atoms with Crippen LogP contribution in [-0.4, -0.2) is 10.9 Å².